The molecule has 1 N–H and O–H groups in total. The van der Waals surface area contributed by atoms with E-state index in [9.17, 15) is 14.4 Å². The lowest BCUT2D eigenvalue weighted by Crippen LogP contribution is -2.26. The second-order valence-electron chi connectivity index (χ2n) is 8.41. The molecule has 1 atom stereocenters. The minimum Gasteiger partial charge on any atom is -0.457 e. The molecule has 0 saturated heterocycles. The van der Waals surface area contributed by atoms with Gasteiger partial charge in [-0.15, -0.1) is 0 Å². The van der Waals surface area contributed by atoms with Gasteiger partial charge in [0.1, 0.15) is 11.5 Å². The van der Waals surface area contributed by atoms with E-state index >= 15 is 0 Å². The number of benzene rings is 3. The molecule has 6 heteroatoms. The summed E-state index contributed by atoms with van der Waals surface area (Å²) >= 11 is 0. The van der Waals surface area contributed by atoms with Crippen LogP contribution in [0.5, 0.6) is 11.5 Å². The predicted octanol–water partition coefficient (Wildman–Crippen LogP) is 6.41. The Balaban J connectivity index is 1.42. The fourth-order valence-electron chi connectivity index (χ4n) is 3.50. The number of hydrogen-bond acceptors (Lipinski definition) is 5. The Morgan fingerprint density at radius 3 is 2.29 bits per heavy atom. The summed E-state index contributed by atoms with van der Waals surface area (Å²) < 4.78 is 11.3. The number of hydrogen-bond donors (Lipinski definition) is 1. The maximum Gasteiger partial charge on any atom is 0.306 e. The smallest absolute Gasteiger partial charge is 0.306 e. The Morgan fingerprint density at radius 1 is 0.886 bits per heavy atom. The zero-order chi connectivity index (χ0) is 25.2. The van der Waals surface area contributed by atoms with Gasteiger partial charge in [-0.05, 0) is 68.1 Å². The van der Waals surface area contributed by atoms with Gasteiger partial charge >= 0.3 is 5.97 Å². The molecule has 1 unspecified atom stereocenters. The highest BCUT2D eigenvalue weighted by Gasteiger charge is 2.22. The van der Waals surface area contributed by atoms with Crippen molar-refractivity contribution < 1.29 is 23.9 Å². The molecule has 0 aromatic heterocycles. The second kappa shape index (κ2) is 12.5. The van der Waals surface area contributed by atoms with Crippen molar-refractivity contribution in [3.63, 3.8) is 0 Å². The number of anilines is 1. The molecule has 6 nitrogen and oxygen atoms in total. The predicted molar refractivity (Wildman–Crippen MR) is 136 cm³/mol. The second-order valence-corrected chi connectivity index (χ2v) is 8.41. The van der Waals surface area contributed by atoms with Crippen LogP contribution in [0.1, 0.15) is 54.1 Å². The standard InChI is InChI=1S/C29H31NO5/c1-4-25(29(33)22-9-6-5-7-10-22)35-28(32)12-8-11-27(31)30-23-15-17-24(18-16-23)34-26-19-20(2)13-14-21(26)3/h5-7,9-10,13-19,25H,4,8,11-12H2,1-3H3,(H,30,31). The van der Waals surface area contributed by atoms with Crippen molar-refractivity contribution in [1.82, 2.24) is 0 Å². The van der Waals surface area contributed by atoms with Crippen molar-refractivity contribution in [3.05, 3.63) is 89.5 Å². The molecule has 0 radical (unpaired) electrons. The lowest BCUT2D eigenvalue weighted by Gasteiger charge is -2.15. The zero-order valence-electron chi connectivity index (χ0n) is 20.4. The topological polar surface area (TPSA) is 81.7 Å². The van der Waals surface area contributed by atoms with Crippen molar-refractivity contribution in [2.24, 2.45) is 0 Å². The summed E-state index contributed by atoms with van der Waals surface area (Å²) in [5.74, 6) is 0.568. The number of carbonyl (C=O) groups excluding carboxylic acids is 3. The van der Waals surface area contributed by atoms with Crippen LogP contribution in [0.15, 0.2) is 72.8 Å². The molecule has 0 heterocycles. The summed E-state index contributed by atoms with van der Waals surface area (Å²) in [6, 6.07) is 21.9. The Kier molecular flexibility index (Phi) is 9.18. The van der Waals surface area contributed by atoms with Crippen molar-refractivity contribution >= 4 is 23.3 Å². The van der Waals surface area contributed by atoms with Gasteiger partial charge in [-0.3, -0.25) is 14.4 Å². The van der Waals surface area contributed by atoms with Crippen LogP contribution < -0.4 is 10.1 Å². The van der Waals surface area contributed by atoms with Gasteiger partial charge < -0.3 is 14.8 Å². The molecule has 0 saturated carbocycles. The molecule has 1 amide bonds. The van der Waals surface area contributed by atoms with Crippen LogP contribution in [-0.4, -0.2) is 23.8 Å². The number of esters is 1. The van der Waals surface area contributed by atoms with Crippen LogP contribution in [0.25, 0.3) is 0 Å². The normalized spacial score (nSPS) is 11.4. The van der Waals surface area contributed by atoms with Crippen molar-refractivity contribution in [3.8, 4) is 11.5 Å². The van der Waals surface area contributed by atoms with E-state index in [2.05, 4.69) is 5.32 Å². The van der Waals surface area contributed by atoms with Crippen LogP contribution in [0, 0.1) is 13.8 Å². The monoisotopic (exact) mass is 473 g/mol. The van der Waals surface area contributed by atoms with E-state index in [1.165, 1.54) is 0 Å². The molecule has 3 aromatic carbocycles. The van der Waals surface area contributed by atoms with E-state index in [1.54, 1.807) is 55.5 Å². The third-order valence-electron chi connectivity index (χ3n) is 5.49. The summed E-state index contributed by atoms with van der Waals surface area (Å²) in [7, 11) is 0. The molecule has 182 valence electrons. The number of ether oxygens (including phenoxy) is 2. The molecule has 0 aliphatic heterocycles. The first-order chi connectivity index (χ1) is 16.9. The number of carbonyl (C=O) groups is 3. The summed E-state index contributed by atoms with van der Waals surface area (Å²) in [4.78, 5) is 37.0. The Hall–Kier alpha value is -3.93. The van der Waals surface area contributed by atoms with Gasteiger partial charge in [0, 0.05) is 24.1 Å². The molecule has 0 aliphatic rings. The molecular weight excluding hydrogens is 442 g/mol. The van der Waals surface area contributed by atoms with Crippen LogP contribution in [0.3, 0.4) is 0 Å². The third kappa shape index (κ3) is 7.81. The molecule has 3 aromatic rings. The molecule has 35 heavy (non-hydrogen) atoms. The van der Waals surface area contributed by atoms with Gasteiger partial charge in [0.25, 0.3) is 0 Å². The van der Waals surface area contributed by atoms with Crippen LogP contribution in [0.4, 0.5) is 5.69 Å². The fraction of sp³-hybridized carbons (Fsp3) is 0.276. The minimum atomic E-state index is -0.817. The highest BCUT2D eigenvalue weighted by Crippen LogP contribution is 2.27. The van der Waals surface area contributed by atoms with Gasteiger partial charge in [-0.1, -0.05) is 49.4 Å². The average Bonchev–Trinajstić information content (AvgIpc) is 2.86. The molecule has 0 bridgehead atoms. The van der Waals surface area contributed by atoms with Crippen LogP contribution in [0.2, 0.25) is 0 Å². The number of nitrogens with one attached hydrogen (secondary N) is 1. The largest absolute Gasteiger partial charge is 0.457 e. The van der Waals surface area contributed by atoms with Crippen LogP contribution in [-0.2, 0) is 14.3 Å². The van der Waals surface area contributed by atoms with Gasteiger partial charge in [0.05, 0.1) is 0 Å². The van der Waals surface area contributed by atoms with E-state index < -0.39 is 12.1 Å². The van der Waals surface area contributed by atoms with Crippen molar-refractivity contribution in [2.45, 2.75) is 52.6 Å². The highest BCUT2D eigenvalue weighted by molar-refractivity contribution is 6.00. The SMILES string of the molecule is CCC(OC(=O)CCCC(=O)Nc1ccc(Oc2cc(C)ccc2C)cc1)C(=O)c1ccccc1. The number of Topliss-reactive ketones (excluding diaryl/α,β-unsaturated/α-hetero) is 1. The highest BCUT2D eigenvalue weighted by atomic mass is 16.5. The summed E-state index contributed by atoms with van der Waals surface area (Å²) in [6.45, 7) is 5.80. The van der Waals surface area contributed by atoms with E-state index in [-0.39, 0.29) is 24.5 Å². The Bertz CT molecular complexity index is 1160. The van der Waals surface area contributed by atoms with Gasteiger partial charge in [0.15, 0.2) is 6.10 Å². The zero-order valence-corrected chi connectivity index (χ0v) is 20.4. The first-order valence-electron chi connectivity index (χ1n) is 11.8. The lowest BCUT2D eigenvalue weighted by molar-refractivity contribution is -0.147. The van der Waals surface area contributed by atoms with Gasteiger partial charge in [-0.2, -0.15) is 0 Å². The van der Waals surface area contributed by atoms with Gasteiger partial charge in [-0.25, -0.2) is 0 Å². The molecule has 0 spiro atoms. The number of rotatable bonds is 11. The summed E-state index contributed by atoms with van der Waals surface area (Å²) in [5, 5.41) is 2.82. The van der Waals surface area contributed by atoms with E-state index in [0.29, 0.717) is 29.8 Å². The number of aryl methyl sites for hydroxylation is 2. The first-order valence-corrected chi connectivity index (χ1v) is 11.8. The molecule has 0 fully saturated rings. The maximum atomic E-state index is 12.5. The lowest BCUT2D eigenvalue weighted by atomic mass is 10.0. The average molecular weight is 474 g/mol. The Labute approximate surface area is 206 Å². The van der Waals surface area contributed by atoms with Crippen molar-refractivity contribution in [1.29, 1.82) is 0 Å². The molecular formula is C29H31NO5. The van der Waals surface area contributed by atoms with Gasteiger partial charge in [0.2, 0.25) is 11.7 Å². The van der Waals surface area contributed by atoms with E-state index in [1.807, 2.05) is 38.1 Å². The molecule has 3 rings (SSSR count). The minimum absolute atomic E-state index is 0.0641. The van der Waals surface area contributed by atoms with Crippen LogP contribution >= 0.6 is 0 Å². The number of amides is 1. The summed E-state index contributed by atoms with van der Waals surface area (Å²) in [6.07, 6.45) is 0.133. The fourth-order valence-corrected chi connectivity index (χ4v) is 3.50. The van der Waals surface area contributed by atoms with Crippen molar-refractivity contribution in [2.75, 3.05) is 5.32 Å². The number of ketones is 1. The third-order valence-corrected chi connectivity index (χ3v) is 5.49. The van der Waals surface area contributed by atoms with E-state index in [4.69, 9.17) is 9.47 Å². The summed E-state index contributed by atoms with van der Waals surface area (Å²) in [5.41, 5.74) is 3.31. The maximum absolute atomic E-state index is 12.5. The Morgan fingerprint density at radius 2 is 1.60 bits per heavy atom. The molecule has 0 aliphatic carbocycles. The quantitative estimate of drug-likeness (QED) is 0.257. The van der Waals surface area contributed by atoms with E-state index in [0.717, 1.165) is 16.9 Å². The first kappa shape index (κ1) is 25.7.